The standard InChI is InChI=1S/C29H29F3N6O2S.C22H19BrF3N5/c30-29(31,32)9-10-33-27-28-35-18-26(22-7-3-20(4-8-22)23-16-25(34-17-23)21-5-6-21)38(28)19-24(36-27)2-1-11-37-12-14-41(39,40)15-13-37;23-19-12-31-18(11-29-21(31)20(30-19)27-8-7-22(24,25)26)15-5-1-13(2-6-15)16-9-17(28-10-16)14-3-4-14/h3-4,7-8,17-19,21H,5-6,9-16H2,(H,33,36);1-2,5-6,10-12,14H,3-4,7-9H2,(H,27,30). The first kappa shape index (κ1) is 49.2. The molecule has 21 heteroatoms. The number of sulfone groups is 1. The van der Waals surface area contributed by atoms with Crippen molar-refractivity contribution in [2.45, 2.75) is 63.7 Å². The van der Waals surface area contributed by atoms with E-state index in [-0.39, 0.29) is 30.4 Å². The van der Waals surface area contributed by atoms with Gasteiger partial charge < -0.3 is 10.6 Å². The van der Waals surface area contributed by atoms with Gasteiger partial charge in [0.25, 0.3) is 0 Å². The molecule has 4 aromatic heterocycles. The zero-order valence-corrected chi connectivity index (χ0v) is 41.1. The summed E-state index contributed by atoms with van der Waals surface area (Å²) in [5.74, 6) is 8.09. The first-order chi connectivity index (χ1) is 34.5. The Morgan fingerprint density at radius 3 is 1.58 bits per heavy atom. The second-order valence-electron chi connectivity index (χ2n) is 18.5. The van der Waals surface area contributed by atoms with Crippen LogP contribution in [0.4, 0.5) is 38.0 Å². The van der Waals surface area contributed by atoms with Gasteiger partial charge in [0.2, 0.25) is 0 Å². The number of benzene rings is 2. The smallest absolute Gasteiger partial charge is 0.367 e. The summed E-state index contributed by atoms with van der Waals surface area (Å²) < 4.78 is 103. The van der Waals surface area contributed by atoms with Crippen LogP contribution in [0.25, 0.3) is 45.0 Å². The van der Waals surface area contributed by atoms with Crippen molar-refractivity contribution >= 4 is 71.3 Å². The van der Waals surface area contributed by atoms with Crippen molar-refractivity contribution in [2.24, 2.45) is 21.8 Å². The van der Waals surface area contributed by atoms with E-state index in [1.54, 1.807) is 29.2 Å². The van der Waals surface area contributed by atoms with Crippen molar-refractivity contribution < 1.29 is 34.8 Å². The summed E-state index contributed by atoms with van der Waals surface area (Å²) in [6.07, 6.45) is 7.08. The van der Waals surface area contributed by atoms with Crippen molar-refractivity contribution in [3.8, 4) is 34.4 Å². The summed E-state index contributed by atoms with van der Waals surface area (Å²) in [6.45, 7) is 0.592. The predicted molar refractivity (Wildman–Crippen MR) is 270 cm³/mol. The number of aromatic nitrogens is 6. The Balaban J connectivity index is 0.000000172. The van der Waals surface area contributed by atoms with Gasteiger partial charge >= 0.3 is 12.4 Å². The highest BCUT2D eigenvalue weighted by Gasteiger charge is 2.32. The molecular weight excluding hydrogens is 1020 g/mol. The minimum atomic E-state index is -4.30. The van der Waals surface area contributed by atoms with Crippen LogP contribution in [-0.2, 0) is 9.84 Å². The molecule has 3 fully saturated rings. The number of halogens is 7. The number of fused-ring (bicyclic) bond motifs is 2. The van der Waals surface area contributed by atoms with Gasteiger partial charge in [0, 0.05) is 86.4 Å². The maximum absolute atomic E-state index is 12.8. The number of hydrogen-bond acceptors (Lipinski definition) is 11. The van der Waals surface area contributed by atoms with Gasteiger partial charge in [-0.05, 0) is 81.6 Å². The number of alkyl halides is 6. The highest BCUT2D eigenvalue weighted by atomic mass is 79.9. The fraction of sp³-hybridized carbons (Fsp3) is 0.373. The van der Waals surface area contributed by atoms with Crippen LogP contribution in [0.2, 0.25) is 0 Å². The summed E-state index contributed by atoms with van der Waals surface area (Å²) in [5, 5.41) is 5.53. The Morgan fingerprint density at radius 1 is 0.653 bits per heavy atom. The monoisotopic (exact) mass is 1070 g/mol. The van der Waals surface area contributed by atoms with Crippen molar-refractivity contribution in [2.75, 3.05) is 54.9 Å². The molecule has 2 N–H and O–H groups in total. The van der Waals surface area contributed by atoms with Crippen molar-refractivity contribution in [3.63, 3.8) is 0 Å². The van der Waals surface area contributed by atoms with E-state index in [1.807, 2.05) is 46.0 Å². The number of imidazole rings is 2. The first-order valence-corrected chi connectivity index (χ1v) is 26.3. The van der Waals surface area contributed by atoms with Crippen LogP contribution >= 0.6 is 15.9 Å². The topological polar surface area (TPSA) is 147 Å². The number of anilines is 2. The van der Waals surface area contributed by atoms with Gasteiger partial charge in [-0.15, -0.1) is 0 Å². The minimum Gasteiger partial charge on any atom is -0.367 e. The van der Waals surface area contributed by atoms with E-state index in [9.17, 15) is 34.8 Å². The third-order valence-electron chi connectivity index (χ3n) is 13.0. The van der Waals surface area contributed by atoms with Crippen LogP contribution in [0.15, 0.2) is 100 Å². The Morgan fingerprint density at radius 2 is 1.11 bits per heavy atom. The molecule has 2 aromatic carbocycles. The molecule has 0 atom stereocenters. The Hall–Kier alpha value is -6.37. The van der Waals surface area contributed by atoms with E-state index in [4.69, 9.17) is 0 Å². The Kier molecular flexibility index (Phi) is 13.9. The summed E-state index contributed by atoms with van der Waals surface area (Å²) in [5.41, 5.74) is 11.9. The number of aliphatic imine (C=N–C) groups is 2. The summed E-state index contributed by atoms with van der Waals surface area (Å²) >= 11 is 3.34. The van der Waals surface area contributed by atoms with Gasteiger partial charge in [-0.1, -0.05) is 54.5 Å². The van der Waals surface area contributed by atoms with Crippen LogP contribution in [0.3, 0.4) is 0 Å². The lowest BCUT2D eigenvalue weighted by Gasteiger charge is -2.24. The highest BCUT2D eigenvalue weighted by molar-refractivity contribution is 9.10. The number of nitrogens with zero attached hydrogens (tertiary/aromatic N) is 9. The van der Waals surface area contributed by atoms with Crippen LogP contribution in [0.5, 0.6) is 0 Å². The van der Waals surface area contributed by atoms with E-state index in [0.29, 0.717) is 58.9 Å². The highest BCUT2D eigenvalue weighted by Crippen LogP contribution is 2.39. The van der Waals surface area contributed by atoms with E-state index in [0.717, 1.165) is 46.5 Å². The fourth-order valence-electron chi connectivity index (χ4n) is 8.76. The van der Waals surface area contributed by atoms with Crippen LogP contribution < -0.4 is 10.6 Å². The van der Waals surface area contributed by atoms with Crippen LogP contribution in [0, 0.1) is 23.7 Å². The maximum atomic E-state index is 12.8. The Bertz CT molecular complexity index is 3310. The lowest BCUT2D eigenvalue weighted by atomic mass is 9.99. The van der Waals surface area contributed by atoms with Gasteiger partial charge in [-0.2, -0.15) is 26.3 Å². The molecule has 5 aliphatic rings. The van der Waals surface area contributed by atoms with Crippen molar-refractivity contribution in [1.29, 1.82) is 0 Å². The zero-order valence-electron chi connectivity index (χ0n) is 38.7. The predicted octanol–water partition coefficient (Wildman–Crippen LogP) is 10.6. The minimum absolute atomic E-state index is 0.106. The average Bonchev–Trinajstić information content (AvgIpc) is 4.14. The molecule has 374 valence electrons. The second kappa shape index (κ2) is 20.3. The van der Waals surface area contributed by atoms with Crippen molar-refractivity contribution in [1.82, 2.24) is 33.6 Å². The Labute approximate surface area is 419 Å². The fourth-order valence-corrected chi connectivity index (χ4v) is 10.4. The van der Waals surface area contributed by atoms with Gasteiger partial charge in [0.15, 0.2) is 32.8 Å². The molecule has 0 unspecified atom stereocenters. The average molecular weight is 1070 g/mol. The molecule has 11 rings (SSSR count). The molecule has 3 aliphatic heterocycles. The molecule has 6 aromatic rings. The molecule has 72 heavy (non-hydrogen) atoms. The lowest BCUT2D eigenvalue weighted by molar-refractivity contribution is -0.132. The van der Waals surface area contributed by atoms with Crippen molar-refractivity contribution in [3.05, 3.63) is 107 Å². The number of allylic oxidation sites excluding steroid dienone is 2. The van der Waals surface area contributed by atoms with Gasteiger partial charge in [0.05, 0.1) is 54.7 Å². The molecule has 2 saturated carbocycles. The molecule has 1 saturated heterocycles. The molecule has 2 aliphatic carbocycles. The maximum Gasteiger partial charge on any atom is 0.390 e. The SMILES string of the molecule is FC(F)(F)CCNc1nc(Br)cn2c(-c3ccc(C4=CN=C(C5CC5)C4)cc3)cnc12.O=S1(=O)CCN(CC#Cc2cn3c(-c4ccc(C5=CN=C(C6CC6)C5)cc4)cnc3c(NCCC(F)(F)F)n2)CC1. The van der Waals surface area contributed by atoms with Gasteiger partial charge in [0.1, 0.15) is 10.3 Å². The number of rotatable bonds is 13. The third-order valence-corrected chi connectivity index (χ3v) is 15.0. The normalized spacial score (nSPS) is 17.9. The first-order valence-electron chi connectivity index (χ1n) is 23.7. The molecule has 0 radical (unpaired) electrons. The number of nitrogens with one attached hydrogen (secondary N) is 2. The summed E-state index contributed by atoms with van der Waals surface area (Å²) in [6, 6.07) is 16.3. The van der Waals surface area contributed by atoms with E-state index in [1.165, 1.54) is 48.3 Å². The largest absolute Gasteiger partial charge is 0.390 e. The quantitative estimate of drug-likeness (QED) is 0.0852. The zero-order chi connectivity index (χ0) is 50.2. The number of hydrogen-bond donors (Lipinski definition) is 2. The van der Waals surface area contributed by atoms with Gasteiger partial charge in [-0.25, -0.2) is 28.4 Å². The molecule has 0 amide bonds. The third kappa shape index (κ3) is 12.1. The van der Waals surface area contributed by atoms with E-state index in [2.05, 4.69) is 92.6 Å². The van der Waals surface area contributed by atoms with E-state index >= 15 is 0 Å². The van der Waals surface area contributed by atoms with Gasteiger partial charge in [-0.3, -0.25) is 23.7 Å². The lowest BCUT2D eigenvalue weighted by Crippen LogP contribution is -2.40. The molecule has 0 bridgehead atoms. The summed E-state index contributed by atoms with van der Waals surface area (Å²) in [7, 11) is -2.99. The van der Waals surface area contributed by atoms with Crippen LogP contribution in [-0.4, -0.2) is 110 Å². The second-order valence-corrected chi connectivity index (χ2v) is 21.6. The molecule has 13 nitrogen and oxygen atoms in total. The molecule has 7 heterocycles. The molecular formula is C51H48BrF6N11O2S. The van der Waals surface area contributed by atoms with E-state index < -0.39 is 35.0 Å². The van der Waals surface area contributed by atoms with Crippen LogP contribution in [0.1, 0.15) is 68.2 Å². The summed E-state index contributed by atoms with van der Waals surface area (Å²) in [4.78, 5) is 28.7. The molecule has 0 spiro atoms.